The van der Waals surface area contributed by atoms with Crippen LogP contribution in [0.1, 0.15) is 12.0 Å². The van der Waals surface area contributed by atoms with Crippen LogP contribution in [0.4, 0.5) is 17.5 Å². The van der Waals surface area contributed by atoms with E-state index in [9.17, 15) is 0 Å². The minimum Gasteiger partial charge on any atom is -0.493 e. The molecule has 3 aromatic rings. The minimum atomic E-state index is 0.468. The molecule has 2 N–H and O–H groups in total. The lowest BCUT2D eigenvalue weighted by Gasteiger charge is -2.15. The number of hydrogen-bond donors (Lipinski definition) is 2. The van der Waals surface area contributed by atoms with Crippen LogP contribution in [-0.2, 0) is 6.42 Å². The monoisotopic (exact) mass is 395 g/mol. The van der Waals surface area contributed by atoms with Crippen molar-refractivity contribution in [2.75, 3.05) is 38.5 Å². The Morgan fingerprint density at radius 2 is 1.66 bits per heavy atom. The molecule has 0 fully saturated rings. The lowest BCUT2D eigenvalue weighted by atomic mass is 10.1. The zero-order chi connectivity index (χ0) is 20.5. The normalized spacial score (nSPS) is 10.3. The van der Waals surface area contributed by atoms with E-state index in [1.807, 2.05) is 18.2 Å². The molecule has 0 unspecified atom stereocenters. The molecule has 152 valence electrons. The van der Waals surface area contributed by atoms with Gasteiger partial charge in [-0.3, -0.25) is 0 Å². The van der Waals surface area contributed by atoms with Gasteiger partial charge in [0, 0.05) is 24.4 Å². The lowest BCUT2D eigenvalue weighted by Crippen LogP contribution is -2.08. The summed E-state index contributed by atoms with van der Waals surface area (Å²) in [5.74, 6) is 2.66. The predicted molar refractivity (Wildman–Crippen MR) is 112 cm³/mol. The third-order valence-electron chi connectivity index (χ3n) is 4.26. The van der Waals surface area contributed by atoms with Crippen molar-refractivity contribution in [1.82, 2.24) is 15.2 Å². The standard InChI is InChI=1S/C21H25N5O3/c1-27-17-12-16(13-18(28-2)20(17)29-3)24-19-14-23-26-21(25-19)22-11-7-10-15-8-5-4-6-9-15/h4-6,8-9,12-14H,7,10-11H2,1-3H3,(H2,22,24,25,26). The van der Waals surface area contributed by atoms with Crippen molar-refractivity contribution in [3.63, 3.8) is 0 Å². The maximum absolute atomic E-state index is 5.38. The quantitative estimate of drug-likeness (QED) is 0.503. The third-order valence-corrected chi connectivity index (χ3v) is 4.26. The summed E-state index contributed by atoms with van der Waals surface area (Å²) in [5.41, 5.74) is 2.04. The smallest absolute Gasteiger partial charge is 0.244 e. The summed E-state index contributed by atoms with van der Waals surface area (Å²) < 4.78 is 16.1. The van der Waals surface area contributed by atoms with Gasteiger partial charge in [-0.15, -0.1) is 5.10 Å². The van der Waals surface area contributed by atoms with Crippen LogP contribution < -0.4 is 24.8 Å². The molecular formula is C21H25N5O3. The summed E-state index contributed by atoms with van der Waals surface area (Å²) in [6.07, 6.45) is 3.51. The Kier molecular flexibility index (Phi) is 7.05. The molecule has 8 heteroatoms. The molecule has 0 aliphatic carbocycles. The van der Waals surface area contributed by atoms with Gasteiger partial charge in [0.2, 0.25) is 11.7 Å². The molecule has 1 heterocycles. The summed E-state index contributed by atoms with van der Waals surface area (Å²) >= 11 is 0. The van der Waals surface area contributed by atoms with Crippen LogP contribution >= 0.6 is 0 Å². The van der Waals surface area contributed by atoms with E-state index in [1.54, 1.807) is 39.7 Å². The van der Waals surface area contributed by atoms with Gasteiger partial charge in [-0.2, -0.15) is 10.1 Å². The van der Waals surface area contributed by atoms with Crippen LogP contribution in [0, 0.1) is 0 Å². The summed E-state index contributed by atoms with van der Waals surface area (Å²) in [7, 11) is 4.72. The van der Waals surface area contributed by atoms with E-state index in [-0.39, 0.29) is 0 Å². The third kappa shape index (κ3) is 5.47. The average molecular weight is 395 g/mol. The van der Waals surface area contributed by atoms with Gasteiger partial charge >= 0.3 is 0 Å². The second-order valence-corrected chi connectivity index (χ2v) is 6.22. The molecule has 2 aromatic carbocycles. The fourth-order valence-electron chi connectivity index (χ4n) is 2.88. The van der Waals surface area contributed by atoms with Gasteiger partial charge in [0.15, 0.2) is 17.3 Å². The van der Waals surface area contributed by atoms with Crippen LogP contribution in [0.25, 0.3) is 0 Å². The van der Waals surface area contributed by atoms with Crippen LogP contribution in [-0.4, -0.2) is 43.1 Å². The van der Waals surface area contributed by atoms with E-state index < -0.39 is 0 Å². The Balaban J connectivity index is 1.62. The minimum absolute atomic E-state index is 0.468. The average Bonchev–Trinajstić information content (AvgIpc) is 2.77. The number of aromatic nitrogens is 3. The summed E-state index contributed by atoms with van der Waals surface area (Å²) in [6, 6.07) is 14.0. The Morgan fingerprint density at radius 1 is 0.931 bits per heavy atom. The lowest BCUT2D eigenvalue weighted by molar-refractivity contribution is 0.324. The van der Waals surface area contributed by atoms with Crippen molar-refractivity contribution >= 4 is 17.5 Å². The molecule has 0 radical (unpaired) electrons. The van der Waals surface area contributed by atoms with Gasteiger partial charge in [-0.25, -0.2) is 0 Å². The molecule has 0 amide bonds. The van der Waals surface area contributed by atoms with Crippen molar-refractivity contribution < 1.29 is 14.2 Å². The number of methoxy groups -OCH3 is 3. The fraction of sp³-hybridized carbons (Fsp3) is 0.286. The van der Waals surface area contributed by atoms with Gasteiger partial charge in [0.05, 0.1) is 27.5 Å². The Bertz CT molecular complexity index is 896. The van der Waals surface area contributed by atoms with Gasteiger partial charge in [0.25, 0.3) is 0 Å². The number of rotatable bonds is 10. The molecule has 0 saturated heterocycles. The molecule has 3 rings (SSSR count). The first-order valence-electron chi connectivity index (χ1n) is 9.28. The van der Waals surface area contributed by atoms with Crippen LogP contribution in [0.15, 0.2) is 48.7 Å². The fourth-order valence-corrected chi connectivity index (χ4v) is 2.88. The molecule has 0 aliphatic rings. The number of anilines is 3. The summed E-state index contributed by atoms with van der Waals surface area (Å²) in [4.78, 5) is 4.46. The molecule has 8 nitrogen and oxygen atoms in total. The highest BCUT2D eigenvalue weighted by Crippen LogP contribution is 2.40. The number of aryl methyl sites for hydroxylation is 1. The van der Waals surface area contributed by atoms with Gasteiger partial charge in [-0.1, -0.05) is 30.3 Å². The molecule has 0 aliphatic heterocycles. The molecular weight excluding hydrogens is 370 g/mol. The first kappa shape index (κ1) is 20.2. The summed E-state index contributed by atoms with van der Waals surface area (Å²) in [6.45, 7) is 0.754. The Hall–Kier alpha value is -3.55. The van der Waals surface area contributed by atoms with Crippen molar-refractivity contribution in [3.05, 3.63) is 54.2 Å². The van der Waals surface area contributed by atoms with Crippen molar-refractivity contribution in [1.29, 1.82) is 0 Å². The second-order valence-electron chi connectivity index (χ2n) is 6.22. The SMILES string of the molecule is COc1cc(Nc2cnnc(NCCCc3ccccc3)n2)cc(OC)c1OC. The Labute approximate surface area is 170 Å². The zero-order valence-corrected chi connectivity index (χ0v) is 16.8. The first-order chi connectivity index (χ1) is 14.2. The van der Waals surface area contributed by atoms with Crippen molar-refractivity contribution in [2.45, 2.75) is 12.8 Å². The summed E-state index contributed by atoms with van der Waals surface area (Å²) in [5, 5.41) is 14.5. The largest absolute Gasteiger partial charge is 0.493 e. The number of nitrogens with zero attached hydrogens (tertiary/aromatic N) is 3. The van der Waals surface area contributed by atoms with Crippen molar-refractivity contribution in [3.8, 4) is 17.2 Å². The maximum atomic E-state index is 5.38. The molecule has 1 aromatic heterocycles. The molecule has 0 atom stereocenters. The van der Waals surface area contributed by atoms with E-state index in [1.165, 1.54) is 5.56 Å². The van der Waals surface area contributed by atoms with Crippen LogP contribution in [0.5, 0.6) is 17.2 Å². The van der Waals surface area contributed by atoms with E-state index in [0.29, 0.717) is 29.0 Å². The van der Waals surface area contributed by atoms with Gasteiger partial charge in [-0.05, 0) is 18.4 Å². The zero-order valence-electron chi connectivity index (χ0n) is 16.8. The first-order valence-corrected chi connectivity index (χ1v) is 9.28. The predicted octanol–water partition coefficient (Wildman–Crippen LogP) is 3.69. The maximum Gasteiger partial charge on any atom is 0.244 e. The van der Waals surface area contributed by atoms with Crippen molar-refractivity contribution in [2.24, 2.45) is 0 Å². The number of nitrogens with one attached hydrogen (secondary N) is 2. The van der Waals surface area contributed by atoms with Crippen LogP contribution in [0.2, 0.25) is 0 Å². The molecule has 29 heavy (non-hydrogen) atoms. The highest BCUT2D eigenvalue weighted by molar-refractivity contribution is 5.66. The van der Waals surface area contributed by atoms with E-state index >= 15 is 0 Å². The highest BCUT2D eigenvalue weighted by Gasteiger charge is 2.13. The van der Waals surface area contributed by atoms with E-state index in [0.717, 1.165) is 25.1 Å². The Morgan fingerprint density at radius 3 is 2.31 bits per heavy atom. The van der Waals surface area contributed by atoms with Crippen LogP contribution in [0.3, 0.4) is 0 Å². The molecule has 0 saturated carbocycles. The van der Waals surface area contributed by atoms with E-state index in [2.05, 4.69) is 37.9 Å². The number of ether oxygens (including phenoxy) is 3. The van der Waals surface area contributed by atoms with Gasteiger partial charge in [0.1, 0.15) is 0 Å². The van der Waals surface area contributed by atoms with Gasteiger partial charge < -0.3 is 24.8 Å². The topological polar surface area (TPSA) is 90.4 Å². The number of hydrogen-bond acceptors (Lipinski definition) is 8. The second kappa shape index (κ2) is 10.1. The molecule has 0 spiro atoms. The highest BCUT2D eigenvalue weighted by atomic mass is 16.5. The molecule has 0 bridgehead atoms. The van der Waals surface area contributed by atoms with E-state index in [4.69, 9.17) is 14.2 Å². The number of benzene rings is 2.